The molecule has 0 amide bonds. The fourth-order valence-corrected chi connectivity index (χ4v) is 1.79. The lowest BCUT2D eigenvalue weighted by Gasteiger charge is -2.04. The summed E-state index contributed by atoms with van der Waals surface area (Å²) in [6, 6.07) is 15.0. The van der Waals surface area contributed by atoms with E-state index in [1.54, 1.807) is 37.6 Å². The summed E-state index contributed by atoms with van der Waals surface area (Å²) in [5.74, 6) is 0.692. The number of anilines is 1. The lowest BCUT2D eigenvalue weighted by atomic mass is 10.1. The second-order valence-corrected chi connectivity index (χ2v) is 4.39. The summed E-state index contributed by atoms with van der Waals surface area (Å²) in [6.45, 7) is 2.02. The summed E-state index contributed by atoms with van der Waals surface area (Å²) in [7, 11) is 1.60. The lowest BCUT2D eigenvalue weighted by Crippen LogP contribution is -1.97. The molecule has 2 aromatic carbocycles. The first-order valence-electron chi connectivity index (χ1n) is 6.38. The van der Waals surface area contributed by atoms with Gasteiger partial charge >= 0.3 is 0 Å². The number of aryl methyl sites for hydroxylation is 1. The zero-order valence-corrected chi connectivity index (χ0v) is 11.6. The molecule has 0 saturated heterocycles. The van der Waals surface area contributed by atoms with Crippen molar-refractivity contribution in [1.29, 1.82) is 0 Å². The first kappa shape index (κ1) is 13.9. The van der Waals surface area contributed by atoms with Crippen LogP contribution in [0.25, 0.3) is 0 Å². The van der Waals surface area contributed by atoms with Crippen LogP contribution in [0.3, 0.4) is 0 Å². The Hall–Kier alpha value is -2.55. The molecule has 0 aliphatic rings. The van der Waals surface area contributed by atoms with Gasteiger partial charge in [0, 0.05) is 23.5 Å². The van der Waals surface area contributed by atoms with Gasteiger partial charge in [-0.15, -0.1) is 0 Å². The lowest BCUT2D eigenvalue weighted by molar-refractivity contribution is 0.104. The van der Waals surface area contributed by atoms with E-state index in [0.29, 0.717) is 5.56 Å². The standard InChI is InChI=1S/C17H17NO2/c1-13-5-3-4-6-16(13)18-12-11-17(19)14-7-9-15(20-2)10-8-14/h3-12,18H,1-2H3. The third-order valence-electron chi connectivity index (χ3n) is 2.99. The minimum Gasteiger partial charge on any atom is -0.497 e. The molecule has 1 N–H and O–H groups in total. The Balaban J connectivity index is 2.00. The largest absolute Gasteiger partial charge is 0.497 e. The Kier molecular flexibility index (Phi) is 4.56. The molecule has 102 valence electrons. The fraction of sp³-hybridized carbons (Fsp3) is 0.118. The van der Waals surface area contributed by atoms with Gasteiger partial charge in [0.05, 0.1) is 7.11 Å². The molecule has 3 heteroatoms. The molecule has 3 nitrogen and oxygen atoms in total. The molecular weight excluding hydrogens is 250 g/mol. The molecule has 0 unspecified atom stereocenters. The van der Waals surface area contributed by atoms with E-state index in [-0.39, 0.29) is 5.78 Å². The monoisotopic (exact) mass is 267 g/mol. The highest BCUT2D eigenvalue weighted by molar-refractivity contribution is 6.04. The number of ketones is 1. The van der Waals surface area contributed by atoms with Crippen molar-refractivity contribution in [3.63, 3.8) is 0 Å². The molecule has 0 aliphatic carbocycles. The molecule has 0 heterocycles. The van der Waals surface area contributed by atoms with Gasteiger partial charge in [-0.05, 0) is 42.8 Å². The molecule has 2 rings (SSSR count). The van der Waals surface area contributed by atoms with Crippen LogP contribution in [0.15, 0.2) is 60.8 Å². The number of hydrogen-bond acceptors (Lipinski definition) is 3. The van der Waals surface area contributed by atoms with Crippen molar-refractivity contribution < 1.29 is 9.53 Å². The van der Waals surface area contributed by atoms with Gasteiger partial charge in [0.2, 0.25) is 0 Å². The highest BCUT2D eigenvalue weighted by Crippen LogP contribution is 2.14. The SMILES string of the molecule is COc1ccc(C(=O)C=CNc2ccccc2C)cc1. The van der Waals surface area contributed by atoms with E-state index in [4.69, 9.17) is 4.74 Å². The summed E-state index contributed by atoms with van der Waals surface area (Å²) < 4.78 is 5.06. The van der Waals surface area contributed by atoms with Crippen LogP contribution in [0.2, 0.25) is 0 Å². The van der Waals surface area contributed by atoms with E-state index < -0.39 is 0 Å². The minimum absolute atomic E-state index is 0.0475. The van der Waals surface area contributed by atoms with Gasteiger partial charge in [0.1, 0.15) is 5.75 Å². The fourth-order valence-electron chi connectivity index (χ4n) is 1.79. The number of hydrogen-bond donors (Lipinski definition) is 1. The van der Waals surface area contributed by atoms with Crippen molar-refractivity contribution in [3.05, 3.63) is 71.9 Å². The van der Waals surface area contributed by atoms with Crippen molar-refractivity contribution in [2.24, 2.45) is 0 Å². The Morgan fingerprint density at radius 3 is 2.45 bits per heavy atom. The van der Waals surface area contributed by atoms with Crippen molar-refractivity contribution in [2.45, 2.75) is 6.92 Å². The van der Waals surface area contributed by atoms with Gasteiger partial charge in [-0.1, -0.05) is 18.2 Å². The predicted octanol–water partition coefficient (Wildman–Crippen LogP) is 3.81. The zero-order chi connectivity index (χ0) is 14.4. The maximum absolute atomic E-state index is 12.0. The first-order chi connectivity index (χ1) is 9.70. The van der Waals surface area contributed by atoms with Crippen molar-refractivity contribution >= 4 is 11.5 Å². The Morgan fingerprint density at radius 1 is 1.10 bits per heavy atom. The third kappa shape index (κ3) is 3.48. The number of carbonyl (C=O) groups excluding carboxylic acids is 1. The molecule has 0 atom stereocenters. The van der Waals surface area contributed by atoms with Crippen LogP contribution in [-0.2, 0) is 0 Å². The zero-order valence-electron chi connectivity index (χ0n) is 11.6. The van der Waals surface area contributed by atoms with E-state index in [2.05, 4.69) is 5.32 Å². The number of carbonyl (C=O) groups is 1. The number of rotatable bonds is 5. The van der Waals surface area contributed by atoms with Gasteiger partial charge in [0.25, 0.3) is 0 Å². The van der Waals surface area contributed by atoms with E-state index >= 15 is 0 Å². The van der Waals surface area contributed by atoms with Crippen LogP contribution in [0.4, 0.5) is 5.69 Å². The van der Waals surface area contributed by atoms with Gasteiger partial charge in [-0.25, -0.2) is 0 Å². The van der Waals surface area contributed by atoms with E-state index in [9.17, 15) is 4.79 Å². The molecule has 0 saturated carbocycles. The van der Waals surface area contributed by atoms with Gasteiger partial charge in [0.15, 0.2) is 5.78 Å². The van der Waals surface area contributed by atoms with E-state index in [1.165, 1.54) is 6.08 Å². The van der Waals surface area contributed by atoms with Gasteiger partial charge < -0.3 is 10.1 Å². The molecular formula is C17H17NO2. The van der Waals surface area contributed by atoms with Gasteiger partial charge in [-0.3, -0.25) is 4.79 Å². The Morgan fingerprint density at radius 2 is 1.80 bits per heavy atom. The predicted molar refractivity (Wildman–Crippen MR) is 81.3 cm³/mol. The van der Waals surface area contributed by atoms with E-state index in [0.717, 1.165) is 17.0 Å². The molecule has 20 heavy (non-hydrogen) atoms. The van der Waals surface area contributed by atoms with Crippen molar-refractivity contribution in [1.82, 2.24) is 0 Å². The summed E-state index contributed by atoms with van der Waals surface area (Å²) in [4.78, 5) is 12.0. The first-order valence-corrected chi connectivity index (χ1v) is 6.38. The molecule has 0 bridgehead atoms. The average molecular weight is 267 g/mol. The number of allylic oxidation sites excluding steroid dienone is 1. The van der Waals surface area contributed by atoms with Crippen LogP contribution in [0.5, 0.6) is 5.75 Å². The second kappa shape index (κ2) is 6.57. The normalized spacial score (nSPS) is 10.5. The van der Waals surface area contributed by atoms with Gasteiger partial charge in [-0.2, -0.15) is 0 Å². The molecule has 0 aromatic heterocycles. The maximum Gasteiger partial charge on any atom is 0.187 e. The van der Waals surface area contributed by atoms with Crippen molar-refractivity contribution in [3.8, 4) is 5.75 Å². The number of ether oxygens (including phenoxy) is 1. The topological polar surface area (TPSA) is 38.3 Å². The number of benzene rings is 2. The van der Waals surface area contributed by atoms with Crippen LogP contribution >= 0.6 is 0 Å². The molecule has 0 radical (unpaired) electrons. The van der Waals surface area contributed by atoms with E-state index in [1.807, 2.05) is 31.2 Å². The molecule has 0 aliphatic heterocycles. The minimum atomic E-state index is -0.0475. The van der Waals surface area contributed by atoms with Crippen molar-refractivity contribution in [2.75, 3.05) is 12.4 Å². The van der Waals surface area contributed by atoms with Crippen LogP contribution in [0.1, 0.15) is 15.9 Å². The third-order valence-corrected chi connectivity index (χ3v) is 2.99. The molecule has 0 spiro atoms. The quantitative estimate of drug-likeness (QED) is 0.661. The number of methoxy groups -OCH3 is 1. The highest BCUT2D eigenvalue weighted by Gasteiger charge is 2.01. The highest BCUT2D eigenvalue weighted by atomic mass is 16.5. The van der Waals surface area contributed by atoms with Crippen LogP contribution in [0, 0.1) is 6.92 Å². The molecule has 2 aromatic rings. The Bertz CT molecular complexity index is 615. The smallest absolute Gasteiger partial charge is 0.187 e. The summed E-state index contributed by atoms with van der Waals surface area (Å²) >= 11 is 0. The number of nitrogens with one attached hydrogen (secondary N) is 1. The average Bonchev–Trinajstić information content (AvgIpc) is 2.49. The summed E-state index contributed by atoms with van der Waals surface area (Å²) in [5, 5.41) is 3.11. The summed E-state index contributed by atoms with van der Waals surface area (Å²) in [6.07, 6.45) is 3.18. The van der Waals surface area contributed by atoms with Crippen LogP contribution in [-0.4, -0.2) is 12.9 Å². The second-order valence-electron chi connectivity index (χ2n) is 4.39. The van der Waals surface area contributed by atoms with Crippen LogP contribution < -0.4 is 10.1 Å². The maximum atomic E-state index is 12.0. The Labute approximate surface area is 118 Å². The molecule has 0 fully saturated rings. The summed E-state index contributed by atoms with van der Waals surface area (Å²) in [5.41, 5.74) is 2.76. The number of para-hydroxylation sites is 1.